The molecule has 1 amide bonds. The number of amides is 1. The molecule has 0 bridgehead atoms. The van der Waals surface area contributed by atoms with Gasteiger partial charge in [-0.25, -0.2) is 13.9 Å². The number of carbonyl (C=O) groups is 1. The van der Waals surface area contributed by atoms with Crippen LogP contribution in [0.15, 0.2) is 30.7 Å². The molecule has 9 heteroatoms. The molecule has 136 valence electrons. The fourth-order valence-electron chi connectivity index (χ4n) is 3.16. The maximum absolute atomic E-state index is 14.8. The largest absolute Gasteiger partial charge is 0.442 e. The molecular weight excluding hydrogens is 339 g/mol. The lowest BCUT2D eigenvalue weighted by Gasteiger charge is -2.15. The second-order valence-corrected chi connectivity index (χ2v) is 6.45. The summed E-state index contributed by atoms with van der Waals surface area (Å²) in [4.78, 5) is 13.7. The Bertz CT molecular complexity index is 938. The van der Waals surface area contributed by atoms with Crippen molar-refractivity contribution in [2.24, 2.45) is 0 Å². The molecule has 26 heavy (non-hydrogen) atoms. The number of hydrogen-bond acceptors (Lipinski definition) is 5. The number of anilines is 1. The van der Waals surface area contributed by atoms with Crippen molar-refractivity contribution in [3.8, 4) is 0 Å². The summed E-state index contributed by atoms with van der Waals surface area (Å²) in [5, 5.41) is 12.6. The zero-order chi connectivity index (χ0) is 18.3. The highest BCUT2D eigenvalue weighted by molar-refractivity contribution is 5.93. The Morgan fingerprint density at radius 1 is 1.42 bits per heavy atom. The van der Waals surface area contributed by atoms with E-state index in [1.807, 2.05) is 13.8 Å². The van der Waals surface area contributed by atoms with Gasteiger partial charge in [-0.3, -0.25) is 9.58 Å². The van der Waals surface area contributed by atoms with Gasteiger partial charge in [-0.05, 0) is 19.4 Å². The third-order valence-electron chi connectivity index (χ3n) is 4.68. The molecule has 4 rings (SSSR count). The molecule has 0 radical (unpaired) electrons. The third-order valence-corrected chi connectivity index (χ3v) is 4.68. The molecule has 0 unspecified atom stereocenters. The van der Waals surface area contributed by atoms with E-state index < -0.39 is 11.9 Å². The second-order valence-electron chi connectivity index (χ2n) is 6.45. The van der Waals surface area contributed by atoms with Gasteiger partial charge in [-0.15, -0.1) is 5.10 Å². The summed E-state index contributed by atoms with van der Waals surface area (Å²) in [5.41, 5.74) is 0.916. The Balaban J connectivity index is 1.61. The van der Waals surface area contributed by atoms with Crippen LogP contribution in [-0.4, -0.2) is 43.5 Å². The fourth-order valence-corrected chi connectivity index (χ4v) is 3.16. The zero-order valence-corrected chi connectivity index (χ0v) is 14.5. The van der Waals surface area contributed by atoms with E-state index in [0.29, 0.717) is 29.7 Å². The number of benzene rings is 1. The van der Waals surface area contributed by atoms with Gasteiger partial charge in [-0.1, -0.05) is 12.1 Å². The number of halogens is 1. The summed E-state index contributed by atoms with van der Waals surface area (Å²) in [6, 6.07) is 3.22. The first-order valence-corrected chi connectivity index (χ1v) is 8.55. The summed E-state index contributed by atoms with van der Waals surface area (Å²) in [7, 11) is 0. The second kappa shape index (κ2) is 6.40. The van der Waals surface area contributed by atoms with Crippen LogP contribution in [0.1, 0.15) is 26.3 Å². The van der Waals surface area contributed by atoms with Crippen molar-refractivity contribution in [3.05, 3.63) is 36.5 Å². The van der Waals surface area contributed by atoms with Crippen molar-refractivity contribution in [1.82, 2.24) is 24.8 Å². The van der Waals surface area contributed by atoms with Crippen molar-refractivity contribution >= 4 is 22.7 Å². The topological polar surface area (TPSA) is 78.1 Å². The van der Waals surface area contributed by atoms with Crippen molar-refractivity contribution in [2.45, 2.75) is 39.0 Å². The summed E-state index contributed by atoms with van der Waals surface area (Å²) in [6.45, 7) is 4.74. The highest BCUT2D eigenvalue weighted by Gasteiger charge is 2.33. The maximum Gasteiger partial charge on any atom is 0.414 e. The molecule has 1 aromatic carbocycles. The van der Waals surface area contributed by atoms with E-state index in [0.717, 1.165) is 6.42 Å². The van der Waals surface area contributed by atoms with Gasteiger partial charge in [0.15, 0.2) is 5.82 Å². The molecule has 0 aliphatic carbocycles. The third kappa shape index (κ3) is 2.79. The number of rotatable bonds is 5. The van der Waals surface area contributed by atoms with E-state index in [4.69, 9.17) is 4.74 Å². The van der Waals surface area contributed by atoms with Crippen LogP contribution in [0.25, 0.3) is 10.9 Å². The van der Waals surface area contributed by atoms with Gasteiger partial charge >= 0.3 is 6.09 Å². The summed E-state index contributed by atoms with van der Waals surface area (Å²) < 4.78 is 23.4. The Kier molecular flexibility index (Phi) is 4.06. The normalized spacial score (nSPS) is 18.5. The van der Waals surface area contributed by atoms with Gasteiger partial charge in [0.25, 0.3) is 0 Å². The van der Waals surface area contributed by atoms with Crippen LogP contribution in [0.4, 0.5) is 14.9 Å². The van der Waals surface area contributed by atoms with Crippen LogP contribution >= 0.6 is 0 Å². The number of ether oxygens (including phenoxy) is 1. The Hall–Kier alpha value is -2.97. The minimum atomic E-state index is -0.497. The highest BCUT2D eigenvalue weighted by atomic mass is 19.1. The van der Waals surface area contributed by atoms with Crippen molar-refractivity contribution in [3.63, 3.8) is 0 Å². The Morgan fingerprint density at radius 2 is 2.27 bits per heavy atom. The van der Waals surface area contributed by atoms with E-state index in [1.165, 1.54) is 11.0 Å². The molecule has 3 aromatic rings. The Morgan fingerprint density at radius 3 is 3.00 bits per heavy atom. The first kappa shape index (κ1) is 16.5. The number of fused-ring (bicyclic) bond motifs is 1. The molecule has 2 aromatic heterocycles. The number of cyclic esters (lactones) is 1. The molecule has 0 spiro atoms. The molecule has 8 nitrogen and oxygen atoms in total. The predicted molar refractivity (Wildman–Crippen MR) is 92.3 cm³/mol. The van der Waals surface area contributed by atoms with Crippen molar-refractivity contribution in [2.75, 3.05) is 11.4 Å². The van der Waals surface area contributed by atoms with Crippen LogP contribution < -0.4 is 4.90 Å². The number of hydrogen-bond donors (Lipinski definition) is 0. The van der Waals surface area contributed by atoms with Crippen molar-refractivity contribution in [1.29, 1.82) is 0 Å². The monoisotopic (exact) mass is 358 g/mol. The van der Waals surface area contributed by atoms with Crippen LogP contribution in [0, 0.1) is 5.82 Å². The van der Waals surface area contributed by atoms with Gasteiger partial charge in [0.05, 0.1) is 31.2 Å². The quantitative estimate of drug-likeness (QED) is 0.701. The van der Waals surface area contributed by atoms with Crippen LogP contribution in [-0.2, 0) is 11.3 Å². The van der Waals surface area contributed by atoms with Crippen LogP contribution in [0.3, 0.4) is 0 Å². The lowest BCUT2D eigenvalue weighted by molar-refractivity contribution is 0.129. The van der Waals surface area contributed by atoms with Crippen molar-refractivity contribution < 1.29 is 13.9 Å². The molecule has 1 fully saturated rings. The zero-order valence-electron chi connectivity index (χ0n) is 14.5. The van der Waals surface area contributed by atoms with E-state index in [2.05, 4.69) is 15.4 Å². The lowest BCUT2D eigenvalue weighted by atomic mass is 10.2. The molecule has 1 saturated heterocycles. The molecular formula is C17H19FN6O2. The Labute approximate surface area is 149 Å². The van der Waals surface area contributed by atoms with E-state index in [1.54, 1.807) is 34.0 Å². The highest BCUT2D eigenvalue weighted by Crippen LogP contribution is 2.30. The van der Waals surface area contributed by atoms with Gasteiger partial charge in [0, 0.05) is 23.7 Å². The first-order chi connectivity index (χ1) is 12.6. The number of nitrogens with zero attached hydrogens (tertiary/aromatic N) is 6. The molecule has 0 saturated carbocycles. The molecule has 3 heterocycles. The SMILES string of the molecule is CC[C@H](C)n1ncc2cc(N3C[C@H](Cn4ccnn4)OC3=O)cc(F)c21. The van der Waals surface area contributed by atoms with Crippen LogP contribution in [0.5, 0.6) is 0 Å². The first-order valence-electron chi connectivity index (χ1n) is 8.55. The average Bonchev–Trinajstić information content (AvgIpc) is 3.34. The fraction of sp³-hybridized carbons (Fsp3) is 0.412. The predicted octanol–water partition coefficient (Wildman–Crippen LogP) is 2.76. The average molecular weight is 358 g/mol. The van der Waals surface area contributed by atoms with Gasteiger partial charge in [0.2, 0.25) is 0 Å². The van der Waals surface area contributed by atoms with Crippen LogP contribution in [0.2, 0.25) is 0 Å². The maximum atomic E-state index is 14.8. The van der Waals surface area contributed by atoms with Gasteiger partial charge in [-0.2, -0.15) is 5.10 Å². The van der Waals surface area contributed by atoms with E-state index >= 15 is 0 Å². The summed E-state index contributed by atoms with van der Waals surface area (Å²) in [6.07, 6.45) is 4.87. The minimum Gasteiger partial charge on any atom is -0.442 e. The number of carbonyl (C=O) groups excluding carboxylic acids is 1. The van der Waals surface area contributed by atoms with Gasteiger partial charge < -0.3 is 4.74 Å². The molecule has 0 N–H and O–H groups in total. The smallest absolute Gasteiger partial charge is 0.414 e. The van der Waals surface area contributed by atoms with E-state index in [9.17, 15) is 9.18 Å². The summed E-state index contributed by atoms with van der Waals surface area (Å²) >= 11 is 0. The molecule has 1 aliphatic heterocycles. The molecule has 2 atom stereocenters. The van der Waals surface area contributed by atoms with E-state index in [-0.39, 0.29) is 12.1 Å². The summed E-state index contributed by atoms with van der Waals surface area (Å²) in [5.74, 6) is -0.400. The number of aromatic nitrogens is 5. The minimum absolute atomic E-state index is 0.0941. The molecule has 1 aliphatic rings. The standard InChI is InChI=1S/C17H19FN6O2/c1-3-11(2)24-16-12(8-20-24)6-13(7-15(16)18)23-10-14(26-17(23)25)9-22-5-4-19-21-22/h4-8,11,14H,3,9-10H2,1-2H3/t11-,14-/m0/s1. The van der Waals surface area contributed by atoms with Gasteiger partial charge in [0.1, 0.15) is 11.6 Å². The lowest BCUT2D eigenvalue weighted by Crippen LogP contribution is -2.26.